The molecule has 8 nitrogen and oxygen atoms in total. The molecule has 29 heavy (non-hydrogen) atoms. The number of rotatable bonds is 5. The number of ether oxygens (including phenoxy) is 1. The van der Waals surface area contributed by atoms with E-state index in [1.54, 1.807) is 5.38 Å². The van der Waals surface area contributed by atoms with Crippen LogP contribution in [0.5, 0.6) is 5.19 Å². The van der Waals surface area contributed by atoms with Gasteiger partial charge in [-0.25, -0.2) is 9.97 Å². The first-order valence-corrected chi connectivity index (χ1v) is 10.3. The molecule has 13 heteroatoms. The van der Waals surface area contributed by atoms with E-state index in [9.17, 15) is 13.2 Å². The average Bonchev–Trinajstić information content (AvgIpc) is 3.40. The van der Waals surface area contributed by atoms with Crippen LogP contribution in [0.4, 0.5) is 18.3 Å². The summed E-state index contributed by atoms with van der Waals surface area (Å²) in [6.45, 7) is 1.58. The Hall–Kier alpha value is -2.67. The summed E-state index contributed by atoms with van der Waals surface area (Å²) in [5, 5.41) is 14.4. The average molecular weight is 443 g/mol. The second-order valence-corrected chi connectivity index (χ2v) is 7.78. The van der Waals surface area contributed by atoms with Crippen LogP contribution in [0.1, 0.15) is 17.8 Å². The van der Waals surface area contributed by atoms with Gasteiger partial charge in [-0.2, -0.15) is 18.3 Å². The number of aryl methyl sites for hydroxylation is 1. The van der Waals surface area contributed by atoms with Gasteiger partial charge in [0.15, 0.2) is 16.8 Å². The standard InChI is InChI=1S/C16H16F3N7OS2/c1-26-9(5-12(25-26)16(17,18)19)6-27-15-23-11(8-29-15)10-7-28-14(22-10)24-13-20-3-2-4-21-13/h5,7-8H,2-4,6H2,1H3,(H2,20,21,22,24). The maximum Gasteiger partial charge on any atom is 0.435 e. The molecule has 4 rings (SSSR count). The van der Waals surface area contributed by atoms with Crippen molar-refractivity contribution in [2.24, 2.45) is 12.0 Å². The van der Waals surface area contributed by atoms with Crippen LogP contribution in [0.2, 0.25) is 0 Å². The third kappa shape index (κ3) is 4.67. The van der Waals surface area contributed by atoms with Gasteiger partial charge in [-0.3, -0.25) is 9.67 Å². The quantitative estimate of drug-likeness (QED) is 0.629. The Morgan fingerprint density at radius 3 is 2.76 bits per heavy atom. The Bertz CT molecular complexity index is 1020. The Morgan fingerprint density at radius 2 is 2.03 bits per heavy atom. The molecule has 0 aliphatic carbocycles. The number of anilines is 1. The van der Waals surface area contributed by atoms with Crippen molar-refractivity contribution in [2.45, 2.75) is 19.2 Å². The zero-order chi connectivity index (χ0) is 20.4. The summed E-state index contributed by atoms with van der Waals surface area (Å²) in [5.41, 5.74) is 0.668. The zero-order valence-electron chi connectivity index (χ0n) is 15.2. The van der Waals surface area contributed by atoms with Gasteiger partial charge in [0.25, 0.3) is 5.19 Å². The third-order valence-electron chi connectivity index (χ3n) is 3.98. The first-order chi connectivity index (χ1) is 13.9. The second-order valence-electron chi connectivity index (χ2n) is 6.10. The van der Waals surface area contributed by atoms with E-state index >= 15 is 0 Å². The molecule has 0 aromatic carbocycles. The molecule has 3 aromatic rings. The topological polar surface area (TPSA) is 89.2 Å². The molecule has 4 heterocycles. The molecule has 1 aliphatic rings. The lowest BCUT2D eigenvalue weighted by molar-refractivity contribution is -0.141. The Labute approximate surface area is 171 Å². The molecule has 0 saturated heterocycles. The second kappa shape index (κ2) is 7.99. The van der Waals surface area contributed by atoms with Crippen LogP contribution in [0.15, 0.2) is 21.8 Å². The molecule has 154 valence electrons. The van der Waals surface area contributed by atoms with Crippen LogP contribution < -0.4 is 15.4 Å². The van der Waals surface area contributed by atoms with E-state index in [0.717, 1.165) is 30.3 Å². The number of aliphatic imine (C=N–C) groups is 1. The number of nitrogens with one attached hydrogen (secondary N) is 2. The number of aromatic nitrogens is 4. The molecular weight excluding hydrogens is 427 g/mol. The number of alkyl halides is 3. The molecule has 3 aromatic heterocycles. The molecular formula is C16H16F3N7OS2. The summed E-state index contributed by atoms with van der Waals surface area (Å²) in [6, 6.07) is 0.967. The molecule has 0 bridgehead atoms. The summed E-state index contributed by atoms with van der Waals surface area (Å²) >= 11 is 2.68. The lowest BCUT2D eigenvalue weighted by atomic mass is 10.3. The van der Waals surface area contributed by atoms with Crippen LogP contribution >= 0.6 is 22.7 Å². The van der Waals surface area contributed by atoms with Crippen LogP contribution in [0.25, 0.3) is 11.4 Å². The van der Waals surface area contributed by atoms with Crippen molar-refractivity contribution >= 4 is 33.8 Å². The van der Waals surface area contributed by atoms with E-state index < -0.39 is 11.9 Å². The number of nitrogens with zero attached hydrogens (tertiary/aromatic N) is 5. The number of guanidine groups is 1. The molecule has 1 aliphatic heterocycles. The van der Waals surface area contributed by atoms with Gasteiger partial charge < -0.3 is 15.4 Å². The predicted octanol–water partition coefficient (Wildman–Crippen LogP) is 3.36. The molecule has 0 radical (unpaired) electrons. The largest absolute Gasteiger partial charge is 0.464 e. The summed E-state index contributed by atoms with van der Waals surface area (Å²) in [4.78, 5) is 13.2. The normalized spacial score (nSPS) is 14.4. The van der Waals surface area contributed by atoms with Gasteiger partial charge in [-0.05, 0) is 12.5 Å². The third-order valence-corrected chi connectivity index (χ3v) is 5.49. The number of hydrogen-bond donors (Lipinski definition) is 2. The van der Waals surface area contributed by atoms with Crippen molar-refractivity contribution in [1.82, 2.24) is 25.1 Å². The highest BCUT2D eigenvalue weighted by molar-refractivity contribution is 7.14. The van der Waals surface area contributed by atoms with E-state index in [1.807, 2.05) is 5.38 Å². The molecule has 0 spiro atoms. The van der Waals surface area contributed by atoms with Crippen molar-refractivity contribution in [3.05, 3.63) is 28.2 Å². The van der Waals surface area contributed by atoms with Gasteiger partial charge in [-0.15, -0.1) is 11.3 Å². The van der Waals surface area contributed by atoms with Gasteiger partial charge in [-0.1, -0.05) is 11.3 Å². The maximum absolute atomic E-state index is 12.7. The van der Waals surface area contributed by atoms with Gasteiger partial charge in [0.2, 0.25) is 0 Å². The van der Waals surface area contributed by atoms with Crippen molar-refractivity contribution in [2.75, 3.05) is 18.4 Å². The minimum Gasteiger partial charge on any atom is -0.464 e. The smallest absolute Gasteiger partial charge is 0.435 e. The van der Waals surface area contributed by atoms with E-state index in [0.29, 0.717) is 33.4 Å². The van der Waals surface area contributed by atoms with Crippen molar-refractivity contribution in [3.63, 3.8) is 0 Å². The van der Waals surface area contributed by atoms with E-state index in [4.69, 9.17) is 4.74 Å². The van der Waals surface area contributed by atoms with Crippen molar-refractivity contribution < 1.29 is 17.9 Å². The van der Waals surface area contributed by atoms with Gasteiger partial charge >= 0.3 is 6.18 Å². The summed E-state index contributed by atoms with van der Waals surface area (Å²) in [5.74, 6) is 0.703. The first kappa shape index (κ1) is 19.6. The van der Waals surface area contributed by atoms with E-state index in [1.165, 1.54) is 29.7 Å². The Balaban J connectivity index is 1.39. The number of halogens is 3. The molecule has 0 fully saturated rings. The van der Waals surface area contributed by atoms with E-state index in [2.05, 4.69) is 30.7 Å². The number of thiazole rings is 2. The first-order valence-electron chi connectivity index (χ1n) is 8.58. The lowest BCUT2D eigenvalue weighted by Crippen LogP contribution is -2.35. The molecule has 0 saturated carbocycles. The van der Waals surface area contributed by atoms with Crippen LogP contribution in [-0.4, -0.2) is 38.8 Å². The minimum absolute atomic E-state index is 0.0676. The summed E-state index contributed by atoms with van der Waals surface area (Å²) in [7, 11) is 1.44. The highest BCUT2D eigenvalue weighted by atomic mass is 32.1. The fourth-order valence-corrected chi connectivity index (χ4v) is 3.89. The molecule has 0 atom stereocenters. The lowest BCUT2D eigenvalue weighted by Gasteiger charge is -2.13. The highest BCUT2D eigenvalue weighted by Crippen LogP contribution is 2.31. The van der Waals surface area contributed by atoms with Gasteiger partial charge in [0.1, 0.15) is 18.0 Å². The number of hydrogen-bond acceptors (Lipinski definition) is 9. The fourth-order valence-electron chi connectivity index (χ4n) is 2.52. The van der Waals surface area contributed by atoms with E-state index in [-0.39, 0.29) is 6.61 Å². The minimum atomic E-state index is -4.49. The van der Waals surface area contributed by atoms with Crippen LogP contribution in [0, 0.1) is 0 Å². The molecule has 2 N–H and O–H groups in total. The molecule has 0 amide bonds. The molecule has 0 unspecified atom stereocenters. The summed E-state index contributed by atoms with van der Waals surface area (Å²) in [6.07, 6.45) is -3.48. The maximum atomic E-state index is 12.7. The zero-order valence-corrected chi connectivity index (χ0v) is 16.8. The monoisotopic (exact) mass is 443 g/mol. The van der Waals surface area contributed by atoms with Gasteiger partial charge in [0.05, 0.1) is 5.69 Å². The van der Waals surface area contributed by atoms with Crippen LogP contribution in [-0.2, 0) is 19.8 Å². The predicted molar refractivity (Wildman–Crippen MR) is 104 cm³/mol. The van der Waals surface area contributed by atoms with Crippen molar-refractivity contribution in [3.8, 4) is 16.6 Å². The van der Waals surface area contributed by atoms with Gasteiger partial charge in [0, 0.05) is 30.9 Å². The highest BCUT2D eigenvalue weighted by Gasteiger charge is 2.34. The van der Waals surface area contributed by atoms with Crippen LogP contribution in [0.3, 0.4) is 0 Å². The Morgan fingerprint density at radius 1 is 1.24 bits per heavy atom. The Kier molecular flexibility index (Phi) is 5.41. The van der Waals surface area contributed by atoms with Crippen molar-refractivity contribution in [1.29, 1.82) is 0 Å². The summed E-state index contributed by atoms with van der Waals surface area (Å²) < 4.78 is 44.9. The SMILES string of the molecule is Cn1nc(C(F)(F)F)cc1COc1nc(-c2csc(NC3=NCCCN3)n2)cs1. The fraction of sp³-hybridized carbons (Fsp3) is 0.375.